The zero-order valence-electron chi connectivity index (χ0n) is 13.9. The van der Waals surface area contributed by atoms with E-state index >= 15 is 0 Å². The van der Waals surface area contributed by atoms with Crippen LogP contribution in [0.15, 0.2) is 47.2 Å². The van der Waals surface area contributed by atoms with Gasteiger partial charge in [0.05, 0.1) is 16.1 Å². The molecule has 0 unspecified atom stereocenters. The third-order valence-corrected chi connectivity index (χ3v) is 6.13. The van der Waals surface area contributed by atoms with E-state index in [1.165, 1.54) is 16.9 Å². The van der Waals surface area contributed by atoms with Crippen molar-refractivity contribution in [2.24, 2.45) is 7.05 Å². The van der Waals surface area contributed by atoms with E-state index in [1.54, 1.807) is 11.3 Å². The number of para-hydroxylation sites is 1. The average Bonchev–Trinajstić information content (AvgIpc) is 3.36. The Morgan fingerprint density at radius 1 is 1.20 bits per heavy atom. The molecule has 4 aromatic rings. The maximum Gasteiger partial charge on any atom is 0.134 e. The van der Waals surface area contributed by atoms with Gasteiger partial charge in [-0.05, 0) is 30.5 Å². The summed E-state index contributed by atoms with van der Waals surface area (Å²) in [5.74, 6) is 0. The zero-order valence-corrected chi connectivity index (χ0v) is 15.5. The van der Waals surface area contributed by atoms with Crippen LogP contribution in [-0.2, 0) is 7.05 Å². The first-order valence-corrected chi connectivity index (χ1v) is 9.60. The van der Waals surface area contributed by atoms with Crippen molar-refractivity contribution in [3.8, 4) is 16.6 Å². The number of thiazole rings is 1. The van der Waals surface area contributed by atoms with Crippen LogP contribution >= 0.6 is 22.7 Å². The number of rotatable bonds is 3. The minimum absolute atomic E-state index is 0.604. The molecule has 1 aromatic carbocycles. The molecule has 25 heavy (non-hydrogen) atoms. The lowest BCUT2D eigenvalue weighted by Crippen LogP contribution is -1.90. The number of thiophene rings is 1. The highest BCUT2D eigenvalue weighted by atomic mass is 32.1. The van der Waals surface area contributed by atoms with E-state index in [4.69, 9.17) is 0 Å². The Kier molecular flexibility index (Phi) is 4.00. The van der Waals surface area contributed by atoms with Crippen molar-refractivity contribution in [2.45, 2.75) is 6.92 Å². The highest BCUT2D eigenvalue weighted by Crippen LogP contribution is 2.32. The van der Waals surface area contributed by atoms with Gasteiger partial charge in [0.1, 0.15) is 11.1 Å². The van der Waals surface area contributed by atoms with Crippen LogP contribution in [0.3, 0.4) is 0 Å². The Balaban J connectivity index is 1.83. The van der Waals surface area contributed by atoms with Gasteiger partial charge in [-0.1, -0.05) is 24.3 Å². The number of hydrogen-bond acceptors (Lipinski definition) is 4. The molecular formula is C20H15N3S2. The molecule has 0 spiro atoms. The molecule has 3 heterocycles. The standard InChI is InChI=1S/C20H15N3S2/c1-13-16(15-6-3-4-7-18(15)23(13)2)10-14(11-21)20-22-17(12-25-20)19-8-5-9-24-19/h3-10,12H,1-2H3/b14-10-. The number of hydrogen-bond donors (Lipinski definition) is 0. The molecule has 3 nitrogen and oxygen atoms in total. The lowest BCUT2D eigenvalue weighted by molar-refractivity contribution is 0.916. The van der Waals surface area contributed by atoms with Gasteiger partial charge in [0.15, 0.2) is 0 Å². The first-order chi connectivity index (χ1) is 12.2. The van der Waals surface area contributed by atoms with Crippen LogP contribution in [0.1, 0.15) is 16.3 Å². The summed E-state index contributed by atoms with van der Waals surface area (Å²) in [5, 5.41) is 15.7. The maximum atomic E-state index is 9.69. The molecule has 0 aliphatic heterocycles. The van der Waals surface area contributed by atoms with E-state index in [-0.39, 0.29) is 0 Å². The number of benzene rings is 1. The monoisotopic (exact) mass is 361 g/mol. The number of nitriles is 1. The predicted octanol–water partition coefficient (Wildman–Crippen LogP) is 5.74. The average molecular weight is 361 g/mol. The van der Waals surface area contributed by atoms with E-state index in [0.717, 1.165) is 32.2 Å². The fraction of sp³-hybridized carbons (Fsp3) is 0.100. The summed E-state index contributed by atoms with van der Waals surface area (Å²) >= 11 is 3.17. The molecule has 0 fully saturated rings. The maximum absolute atomic E-state index is 9.69. The quantitative estimate of drug-likeness (QED) is 0.437. The van der Waals surface area contributed by atoms with Crippen molar-refractivity contribution in [2.75, 3.05) is 0 Å². The van der Waals surface area contributed by atoms with E-state index in [1.807, 2.05) is 41.1 Å². The van der Waals surface area contributed by atoms with Crippen molar-refractivity contribution in [1.29, 1.82) is 5.26 Å². The highest BCUT2D eigenvalue weighted by Gasteiger charge is 2.14. The fourth-order valence-corrected chi connectivity index (χ4v) is 4.50. The van der Waals surface area contributed by atoms with Crippen molar-refractivity contribution >= 4 is 45.2 Å². The van der Waals surface area contributed by atoms with Crippen LogP contribution in [0, 0.1) is 18.3 Å². The van der Waals surface area contributed by atoms with Gasteiger partial charge in [-0.15, -0.1) is 22.7 Å². The summed E-state index contributed by atoms with van der Waals surface area (Å²) in [7, 11) is 2.05. The molecule has 3 aromatic heterocycles. The Labute approximate surface area is 154 Å². The van der Waals surface area contributed by atoms with Crippen molar-refractivity contribution in [3.63, 3.8) is 0 Å². The molecule has 0 bridgehead atoms. The lowest BCUT2D eigenvalue weighted by atomic mass is 10.1. The Morgan fingerprint density at radius 3 is 2.80 bits per heavy atom. The topological polar surface area (TPSA) is 41.6 Å². The Bertz CT molecular complexity index is 1120. The number of aromatic nitrogens is 2. The summed E-state index contributed by atoms with van der Waals surface area (Å²) in [5.41, 5.74) is 4.94. The van der Waals surface area contributed by atoms with Crippen molar-refractivity contribution in [1.82, 2.24) is 9.55 Å². The minimum atomic E-state index is 0.604. The minimum Gasteiger partial charge on any atom is -0.347 e. The number of nitrogens with zero attached hydrogens (tertiary/aromatic N) is 3. The third kappa shape index (κ3) is 2.70. The van der Waals surface area contributed by atoms with E-state index < -0.39 is 0 Å². The van der Waals surface area contributed by atoms with Gasteiger partial charge in [-0.3, -0.25) is 0 Å². The molecule has 0 saturated carbocycles. The SMILES string of the molecule is Cc1c(/C=C(/C#N)c2nc(-c3cccs3)cs2)c2ccccc2n1C. The molecule has 0 atom stereocenters. The summed E-state index contributed by atoms with van der Waals surface area (Å²) in [6.07, 6.45) is 1.97. The smallest absolute Gasteiger partial charge is 0.134 e. The highest BCUT2D eigenvalue weighted by molar-refractivity contribution is 7.14. The molecule has 0 N–H and O–H groups in total. The van der Waals surface area contributed by atoms with Crippen molar-refractivity contribution < 1.29 is 0 Å². The molecule has 0 aliphatic rings. The van der Waals surface area contributed by atoms with Crippen LogP contribution in [0.2, 0.25) is 0 Å². The fourth-order valence-electron chi connectivity index (χ4n) is 2.95. The first-order valence-electron chi connectivity index (χ1n) is 7.84. The van der Waals surface area contributed by atoms with Crippen LogP contribution in [0.25, 0.3) is 33.1 Å². The van der Waals surface area contributed by atoms with Gasteiger partial charge in [-0.2, -0.15) is 5.26 Å². The number of fused-ring (bicyclic) bond motifs is 1. The predicted molar refractivity (Wildman–Crippen MR) is 107 cm³/mol. The van der Waals surface area contributed by atoms with Crippen molar-refractivity contribution in [3.05, 3.63) is 63.4 Å². The summed E-state index contributed by atoms with van der Waals surface area (Å²) in [4.78, 5) is 5.79. The normalized spacial score (nSPS) is 11.8. The second kappa shape index (κ2) is 6.32. The number of aryl methyl sites for hydroxylation is 1. The molecular weight excluding hydrogens is 346 g/mol. The second-order valence-electron chi connectivity index (χ2n) is 5.76. The molecule has 4 rings (SSSR count). The van der Waals surface area contributed by atoms with E-state index in [2.05, 4.69) is 41.7 Å². The van der Waals surface area contributed by atoms with Gasteiger partial charge in [0, 0.05) is 34.6 Å². The Morgan fingerprint density at radius 2 is 2.04 bits per heavy atom. The largest absolute Gasteiger partial charge is 0.347 e. The third-order valence-electron chi connectivity index (χ3n) is 4.37. The lowest BCUT2D eigenvalue weighted by Gasteiger charge is -1.98. The zero-order chi connectivity index (χ0) is 17.4. The second-order valence-corrected chi connectivity index (χ2v) is 7.57. The van der Waals surface area contributed by atoms with Gasteiger partial charge in [-0.25, -0.2) is 4.98 Å². The summed E-state index contributed by atoms with van der Waals surface area (Å²) in [6.45, 7) is 2.08. The van der Waals surface area contributed by atoms with Gasteiger partial charge < -0.3 is 4.57 Å². The van der Waals surface area contributed by atoms with Crippen LogP contribution in [0.4, 0.5) is 0 Å². The molecule has 122 valence electrons. The van der Waals surface area contributed by atoms with E-state index in [9.17, 15) is 5.26 Å². The Hall–Kier alpha value is -2.68. The molecule has 0 radical (unpaired) electrons. The molecule has 0 amide bonds. The van der Waals surface area contributed by atoms with Crippen LogP contribution in [0.5, 0.6) is 0 Å². The first kappa shape index (κ1) is 15.8. The van der Waals surface area contributed by atoms with E-state index in [0.29, 0.717) is 5.57 Å². The molecule has 0 saturated heterocycles. The number of allylic oxidation sites excluding steroid dienone is 1. The molecule has 5 heteroatoms. The molecule has 0 aliphatic carbocycles. The van der Waals surface area contributed by atoms with Gasteiger partial charge >= 0.3 is 0 Å². The van der Waals surface area contributed by atoms with Gasteiger partial charge in [0.2, 0.25) is 0 Å². The van der Waals surface area contributed by atoms with Gasteiger partial charge in [0.25, 0.3) is 0 Å². The van der Waals surface area contributed by atoms with Crippen LogP contribution in [-0.4, -0.2) is 9.55 Å². The summed E-state index contributed by atoms with van der Waals surface area (Å²) < 4.78 is 2.16. The van der Waals surface area contributed by atoms with Crippen LogP contribution < -0.4 is 0 Å². The summed E-state index contributed by atoms with van der Waals surface area (Å²) in [6, 6.07) is 14.7.